The van der Waals surface area contributed by atoms with Crippen LogP contribution in [-0.4, -0.2) is 17.1 Å². The number of hydrogen-bond acceptors (Lipinski definition) is 4. The Morgan fingerprint density at radius 3 is 2.55 bits per heavy atom. The molecule has 0 bridgehead atoms. The van der Waals surface area contributed by atoms with Crippen LogP contribution in [0.3, 0.4) is 0 Å². The molecule has 0 spiro atoms. The summed E-state index contributed by atoms with van der Waals surface area (Å²) in [5.74, 6) is -1.31. The van der Waals surface area contributed by atoms with Gasteiger partial charge in [0.25, 0.3) is 5.91 Å². The van der Waals surface area contributed by atoms with E-state index >= 15 is 0 Å². The number of amides is 1. The highest BCUT2D eigenvalue weighted by molar-refractivity contribution is 5.89. The van der Waals surface area contributed by atoms with Crippen LogP contribution < -0.4 is 5.73 Å². The molecular formula is C5H8N2O4. The molecule has 6 nitrogen and oxygen atoms in total. The van der Waals surface area contributed by atoms with E-state index in [0.29, 0.717) is 0 Å². The maximum absolute atomic E-state index is 10.2. The number of nitro groups is 1. The van der Waals surface area contributed by atoms with Crippen molar-refractivity contribution in [3.8, 4) is 0 Å². The van der Waals surface area contributed by atoms with Gasteiger partial charge in [0.1, 0.15) is 0 Å². The molecule has 0 aliphatic heterocycles. The van der Waals surface area contributed by atoms with E-state index in [2.05, 4.69) is 11.3 Å². The van der Waals surface area contributed by atoms with Crippen LogP contribution in [-0.2, 0) is 9.53 Å². The second-order valence-electron chi connectivity index (χ2n) is 1.79. The third-order valence-electron chi connectivity index (χ3n) is 0.885. The fraction of sp³-hybridized carbons (Fsp3) is 0.400. The number of nitrogens with two attached hydrogens (primary N) is 1. The van der Waals surface area contributed by atoms with E-state index in [1.807, 2.05) is 0 Å². The highest BCUT2D eigenvalue weighted by atomic mass is 16.7. The van der Waals surface area contributed by atoms with Gasteiger partial charge in [-0.2, -0.15) is 0 Å². The molecular weight excluding hydrogens is 152 g/mol. The normalized spacial score (nSPS) is 11.7. The zero-order valence-corrected chi connectivity index (χ0v) is 5.94. The zero-order chi connectivity index (χ0) is 9.02. The summed E-state index contributed by atoms with van der Waals surface area (Å²) in [5, 5.41) is 9.94. The molecule has 0 aromatic carbocycles. The molecule has 0 aromatic rings. The van der Waals surface area contributed by atoms with E-state index in [1.165, 1.54) is 6.92 Å². The lowest BCUT2D eigenvalue weighted by Gasteiger charge is -2.06. The average molecular weight is 160 g/mol. The molecule has 0 saturated carbocycles. The second kappa shape index (κ2) is 3.55. The van der Waals surface area contributed by atoms with Crippen molar-refractivity contribution in [2.45, 2.75) is 13.2 Å². The van der Waals surface area contributed by atoms with Crippen LogP contribution in [0.2, 0.25) is 0 Å². The van der Waals surface area contributed by atoms with Crippen molar-refractivity contribution in [1.29, 1.82) is 0 Å². The minimum Gasteiger partial charge on any atom is -0.425 e. The Kier molecular flexibility index (Phi) is 3.03. The molecule has 11 heavy (non-hydrogen) atoms. The van der Waals surface area contributed by atoms with E-state index < -0.39 is 22.8 Å². The van der Waals surface area contributed by atoms with E-state index in [-0.39, 0.29) is 0 Å². The summed E-state index contributed by atoms with van der Waals surface area (Å²) < 4.78 is 4.41. The van der Waals surface area contributed by atoms with Crippen molar-refractivity contribution in [3.63, 3.8) is 0 Å². The van der Waals surface area contributed by atoms with Crippen molar-refractivity contribution in [3.05, 3.63) is 22.5 Å². The average Bonchev–Trinajstić information content (AvgIpc) is 1.87. The van der Waals surface area contributed by atoms with Gasteiger partial charge in [0.15, 0.2) is 5.76 Å². The molecule has 0 aliphatic carbocycles. The van der Waals surface area contributed by atoms with E-state index in [1.54, 1.807) is 0 Å². The highest BCUT2D eigenvalue weighted by Crippen LogP contribution is 1.99. The molecule has 2 N–H and O–H groups in total. The molecule has 0 fully saturated rings. The van der Waals surface area contributed by atoms with Crippen LogP contribution >= 0.6 is 0 Å². The Balaban J connectivity index is 3.95. The summed E-state index contributed by atoms with van der Waals surface area (Å²) in [6.07, 6.45) is -1.30. The summed E-state index contributed by atoms with van der Waals surface area (Å²) >= 11 is 0. The predicted molar refractivity (Wildman–Crippen MR) is 35.9 cm³/mol. The fourth-order valence-electron chi connectivity index (χ4n) is 0.307. The lowest BCUT2D eigenvalue weighted by atomic mass is 10.5. The van der Waals surface area contributed by atoms with Gasteiger partial charge in [-0.1, -0.05) is 6.58 Å². The fourth-order valence-corrected chi connectivity index (χ4v) is 0.307. The first-order chi connectivity index (χ1) is 4.95. The Morgan fingerprint density at radius 1 is 1.82 bits per heavy atom. The highest BCUT2D eigenvalue weighted by Gasteiger charge is 2.16. The molecule has 1 unspecified atom stereocenters. The van der Waals surface area contributed by atoms with E-state index in [4.69, 9.17) is 5.73 Å². The van der Waals surface area contributed by atoms with Crippen molar-refractivity contribution in [2.24, 2.45) is 5.73 Å². The van der Waals surface area contributed by atoms with Crippen molar-refractivity contribution in [2.75, 3.05) is 0 Å². The van der Waals surface area contributed by atoms with Gasteiger partial charge in [0, 0.05) is 6.92 Å². The summed E-state index contributed by atoms with van der Waals surface area (Å²) in [4.78, 5) is 19.5. The number of rotatable bonds is 4. The monoisotopic (exact) mass is 160 g/mol. The van der Waals surface area contributed by atoms with Gasteiger partial charge >= 0.3 is 6.23 Å². The smallest absolute Gasteiger partial charge is 0.351 e. The number of ether oxygens (including phenoxy) is 1. The van der Waals surface area contributed by atoms with Crippen LogP contribution in [0.15, 0.2) is 12.3 Å². The molecule has 0 aromatic heterocycles. The van der Waals surface area contributed by atoms with Crippen LogP contribution in [0.1, 0.15) is 6.92 Å². The maximum atomic E-state index is 10.2. The predicted octanol–water partition coefficient (Wildman–Crippen LogP) is -0.375. The van der Waals surface area contributed by atoms with Gasteiger partial charge in [0.05, 0.1) is 4.92 Å². The SMILES string of the molecule is C=C(OC(C)[N+](=O)[O-])C(N)=O. The Bertz CT molecular complexity index is 201. The quantitative estimate of drug-likeness (QED) is 0.199. The number of hydrogen-bond donors (Lipinski definition) is 1. The Labute approximate surface area is 62.8 Å². The molecule has 6 heteroatoms. The van der Waals surface area contributed by atoms with Crippen molar-refractivity contribution >= 4 is 5.91 Å². The van der Waals surface area contributed by atoms with Crippen molar-refractivity contribution < 1.29 is 14.5 Å². The zero-order valence-electron chi connectivity index (χ0n) is 5.94. The molecule has 0 saturated heterocycles. The Morgan fingerprint density at radius 2 is 2.27 bits per heavy atom. The molecule has 0 aliphatic rings. The third kappa shape index (κ3) is 3.19. The lowest BCUT2D eigenvalue weighted by molar-refractivity contribution is -0.565. The first-order valence-corrected chi connectivity index (χ1v) is 2.74. The first kappa shape index (κ1) is 9.41. The van der Waals surface area contributed by atoms with E-state index in [9.17, 15) is 14.9 Å². The van der Waals surface area contributed by atoms with Gasteiger partial charge in [-0.3, -0.25) is 14.9 Å². The molecule has 1 amide bonds. The van der Waals surface area contributed by atoms with Gasteiger partial charge < -0.3 is 10.5 Å². The van der Waals surface area contributed by atoms with Gasteiger partial charge in [-0.05, 0) is 0 Å². The summed E-state index contributed by atoms with van der Waals surface area (Å²) in [7, 11) is 0. The molecule has 0 rings (SSSR count). The van der Waals surface area contributed by atoms with Gasteiger partial charge in [-0.25, -0.2) is 0 Å². The Hall–Kier alpha value is -1.59. The summed E-state index contributed by atoms with van der Waals surface area (Å²) in [5.41, 5.74) is 4.70. The number of carbonyl (C=O) groups excluding carboxylic acids is 1. The largest absolute Gasteiger partial charge is 0.425 e. The van der Waals surface area contributed by atoms with Gasteiger partial charge in [-0.15, -0.1) is 0 Å². The van der Waals surface area contributed by atoms with Crippen LogP contribution in [0.25, 0.3) is 0 Å². The van der Waals surface area contributed by atoms with Gasteiger partial charge in [0.2, 0.25) is 0 Å². The molecule has 0 radical (unpaired) electrons. The lowest BCUT2D eigenvalue weighted by Crippen LogP contribution is -2.24. The minimum absolute atomic E-state index is 0.408. The van der Waals surface area contributed by atoms with Crippen LogP contribution in [0.4, 0.5) is 0 Å². The maximum Gasteiger partial charge on any atom is 0.351 e. The summed E-state index contributed by atoms with van der Waals surface area (Å²) in [6.45, 7) is 4.25. The van der Waals surface area contributed by atoms with Crippen LogP contribution in [0, 0.1) is 10.1 Å². The standard InChI is InChI=1S/C5H8N2O4/c1-3(5(6)8)11-4(2)7(9)10/h4H,1H2,2H3,(H2,6,8). The second-order valence-corrected chi connectivity index (χ2v) is 1.79. The number of carbonyl (C=O) groups is 1. The molecule has 0 heterocycles. The van der Waals surface area contributed by atoms with E-state index in [0.717, 1.165) is 0 Å². The number of nitrogens with zero attached hydrogens (tertiary/aromatic N) is 1. The first-order valence-electron chi connectivity index (χ1n) is 2.74. The topological polar surface area (TPSA) is 95.5 Å². The number of primary amides is 1. The molecule has 1 atom stereocenters. The molecule has 62 valence electrons. The minimum atomic E-state index is -1.30. The summed E-state index contributed by atoms with van der Waals surface area (Å²) in [6, 6.07) is 0. The van der Waals surface area contributed by atoms with Crippen LogP contribution in [0.5, 0.6) is 0 Å². The van der Waals surface area contributed by atoms with Crippen molar-refractivity contribution in [1.82, 2.24) is 0 Å². The third-order valence-corrected chi connectivity index (χ3v) is 0.885.